The predicted molar refractivity (Wildman–Crippen MR) is 89.3 cm³/mol. The molecule has 2 N–H and O–H groups in total. The van der Waals surface area contributed by atoms with Crippen molar-refractivity contribution in [3.63, 3.8) is 0 Å². The van der Waals surface area contributed by atoms with Crippen molar-refractivity contribution in [2.45, 2.75) is 5.75 Å². The fourth-order valence-corrected chi connectivity index (χ4v) is 2.75. The third-order valence-corrected chi connectivity index (χ3v) is 4.08. The van der Waals surface area contributed by atoms with Crippen LogP contribution in [0, 0.1) is 0 Å². The molecule has 0 saturated carbocycles. The molecule has 0 aliphatic carbocycles. The lowest BCUT2D eigenvalue weighted by Crippen LogP contribution is -2.08. The molecule has 0 atom stereocenters. The van der Waals surface area contributed by atoms with E-state index in [1.165, 1.54) is 0 Å². The molecule has 0 heterocycles. The van der Waals surface area contributed by atoms with Gasteiger partial charge in [0.25, 0.3) is 0 Å². The molecule has 102 valence electrons. The number of hydrogen-bond acceptors (Lipinski definition) is 3. The van der Waals surface area contributed by atoms with Crippen LogP contribution in [0.4, 0.5) is 0 Å². The molecule has 0 radical (unpaired) electrons. The van der Waals surface area contributed by atoms with Gasteiger partial charge in [-0.25, -0.2) is 0 Å². The van der Waals surface area contributed by atoms with Gasteiger partial charge in [-0.2, -0.15) is 0 Å². The maximum Gasteiger partial charge on any atom is 0.172 e. The topological polar surface area (TPSA) is 43.1 Å². The monoisotopic (exact) mass is 301 g/mol. The van der Waals surface area contributed by atoms with Crippen molar-refractivity contribution in [1.29, 1.82) is 0 Å². The number of carbonyl (C=O) groups is 1. The van der Waals surface area contributed by atoms with Crippen LogP contribution in [0.3, 0.4) is 0 Å². The summed E-state index contributed by atoms with van der Waals surface area (Å²) in [6.45, 7) is 0. The quantitative estimate of drug-likeness (QED) is 0.655. The molecule has 0 amide bonds. The van der Waals surface area contributed by atoms with Gasteiger partial charge in [-0.1, -0.05) is 66.8 Å². The van der Waals surface area contributed by atoms with Gasteiger partial charge in [-0.15, -0.1) is 11.8 Å². The smallest absolute Gasteiger partial charge is 0.172 e. The largest absolute Gasteiger partial charge is 0.389 e. The van der Waals surface area contributed by atoms with E-state index in [1.54, 1.807) is 11.8 Å². The molecular formula is C16H15NOS2. The molecule has 0 spiro atoms. The van der Waals surface area contributed by atoms with Crippen LogP contribution in [0.2, 0.25) is 0 Å². The second-order valence-electron chi connectivity index (χ2n) is 4.34. The Kier molecular flexibility index (Phi) is 5.32. The number of hydrogen-bond donors (Lipinski definition) is 1. The van der Waals surface area contributed by atoms with E-state index < -0.39 is 0 Å². The molecule has 0 aliphatic rings. The van der Waals surface area contributed by atoms with Crippen LogP contribution in [0.1, 0.15) is 21.5 Å². The first kappa shape index (κ1) is 14.8. The number of thioether (sulfide) groups is 1. The SMILES string of the molecule is NC(=S)c1ccc(CSCC(=O)c2ccccc2)cc1. The molecule has 2 aromatic carbocycles. The molecule has 0 aliphatic heterocycles. The number of thiocarbonyl (C=S) groups is 1. The summed E-state index contributed by atoms with van der Waals surface area (Å²) < 4.78 is 0. The molecule has 0 saturated heterocycles. The maximum absolute atomic E-state index is 11.9. The summed E-state index contributed by atoms with van der Waals surface area (Å²) in [5.74, 6) is 1.45. The Balaban J connectivity index is 1.84. The third-order valence-electron chi connectivity index (χ3n) is 2.84. The van der Waals surface area contributed by atoms with Gasteiger partial charge in [0.15, 0.2) is 5.78 Å². The van der Waals surface area contributed by atoms with Crippen LogP contribution in [-0.4, -0.2) is 16.5 Å². The fourth-order valence-electron chi connectivity index (χ4n) is 1.73. The first-order valence-electron chi connectivity index (χ1n) is 6.21. The summed E-state index contributed by atoms with van der Waals surface area (Å²) in [6, 6.07) is 17.2. The van der Waals surface area contributed by atoms with Crippen LogP contribution in [0.15, 0.2) is 54.6 Å². The number of rotatable bonds is 6. The second kappa shape index (κ2) is 7.22. The van der Waals surface area contributed by atoms with Gasteiger partial charge in [-0.3, -0.25) is 4.79 Å². The molecule has 0 unspecified atom stereocenters. The van der Waals surface area contributed by atoms with E-state index in [-0.39, 0.29) is 5.78 Å². The summed E-state index contributed by atoms with van der Waals surface area (Å²) in [5, 5.41) is 0. The lowest BCUT2D eigenvalue weighted by atomic mass is 10.1. The van der Waals surface area contributed by atoms with E-state index in [0.717, 1.165) is 22.4 Å². The highest BCUT2D eigenvalue weighted by Gasteiger charge is 2.05. The van der Waals surface area contributed by atoms with Crippen LogP contribution in [0.25, 0.3) is 0 Å². The van der Waals surface area contributed by atoms with Crippen LogP contribution in [-0.2, 0) is 5.75 Å². The van der Waals surface area contributed by atoms with Gasteiger partial charge in [0.2, 0.25) is 0 Å². The van der Waals surface area contributed by atoms with E-state index >= 15 is 0 Å². The number of Topliss-reactive ketones (excluding diaryl/α,β-unsaturated/α-hetero) is 1. The summed E-state index contributed by atoms with van der Waals surface area (Å²) >= 11 is 6.52. The Morgan fingerprint density at radius 2 is 1.65 bits per heavy atom. The molecule has 2 rings (SSSR count). The summed E-state index contributed by atoms with van der Waals surface area (Å²) in [6.07, 6.45) is 0. The predicted octanol–water partition coefficient (Wildman–Crippen LogP) is 3.44. The van der Waals surface area contributed by atoms with E-state index in [0.29, 0.717) is 10.7 Å². The van der Waals surface area contributed by atoms with Crippen LogP contribution >= 0.6 is 24.0 Å². The Morgan fingerprint density at radius 1 is 1.00 bits per heavy atom. The zero-order valence-electron chi connectivity index (χ0n) is 10.9. The van der Waals surface area contributed by atoms with E-state index in [2.05, 4.69) is 0 Å². The average molecular weight is 301 g/mol. The van der Waals surface area contributed by atoms with Gasteiger partial charge < -0.3 is 5.73 Å². The van der Waals surface area contributed by atoms with Gasteiger partial charge in [-0.05, 0) is 5.56 Å². The number of ketones is 1. The van der Waals surface area contributed by atoms with Crippen molar-refractivity contribution in [2.75, 3.05) is 5.75 Å². The highest BCUT2D eigenvalue weighted by molar-refractivity contribution is 7.99. The average Bonchev–Trinajstić information content (AvgIpc) is 2.48. The minimum atomic E-state index is 0.162. The van der Waals surface area contributed by atoms with E-state index in [9.17, 15) is 4.79 Å². The normalized spacial score (nSPS) is 10.2. The molecule has 0 aromatic heterocycles. The highest BCUT2D eigenvalue weighted by Crippen LogP contribution is 2.15. The lowest BCUT2D eigenvalue weighted by Gasteiger charge is -2.03. The van der Waals surface area contributed by atoms with Crippen molar-refractivity contribution >= 4 is 34.8 Å². The minimum Gasteiger partial charge on any atom is -0.389 e. The second-order valence-corrected chi connectivity index (χ2v) is 5.77. The Morgan fingerprint density at radius 3 is 2.25 bits per heavy atom. The minimum absolute atomic E-state index is 0.162. The molecule has 2 nitrogen and oxygen atoms in total. The van der Waals surface area contributed by atoms with E-state index in [4.69, 9.17) is 18.0 Å². The number of benzene rings is 2. The molecule has 0 bridgehead atoms. The molecule has 0 fully saturated rings. The standard InChI is InChI=1S/C16H15NOS2/c17-16(19)14-8-6-12(7-9-14)10-20-11-15(18)13-4-2-1-3-5-13/h1-9H,10-11H2,(H2,17,19). The van der Waals surface area contributed by atoms with Crippen LogP contribution < -0.4 is 5.73 Å². The Hall–Kier alpha value is -1.65. The van der Waals surface area contributed by atoms with Crippen molar-refractivity contribution in [2.24, 2.45) is 5.73 Å². The number of carbonyl (C=O) groups excluding carboxylic acids is 1. The van der Waals surface area contributed by atoms with Crippen molar-refractivity contribution < 1.29 is 4.79 Å². The molecular weight excluding hydrogens is 286 g/mol. The molecule has 20 heavy (non-hydrogen) atoms. The van der Waals surface area contributed by atoms with Crippen LogP contribution in [0.5, 0.6) is 0 Å². The lowest BCUT2D eigenvalue weighted by molar-refractivity contribution is 0.102. The zero-order valence-corrected chi connectivity index (χ0v) is 12.5. The summed E-state index contributed by atoms with van der Waals surface area (Å²) in [5.41, 5.74) is 8.35. The third kappa shape index (κ3) is 4.18. The van der Waals surface area contributed by atoms with Gasteiger partial charge >= 0.3 is 0 Å². The van der Waals surface area contributed by atoms with Gasteiger partial charge in [0, 0.05) is 16.9 Å². The fraction of sp³-hybridized carbons (Fsp3) is 0.125. The summed E-state index contributed by atoms with van der Waals surface area (Å²) in [7, 11) is 0. The van der Waals surface area contributed by atoms with Crippen molar-refractivity contribution in [1.82, 2.24) is 0 Å². The van der Waals surface area contributed by atoms with Crippen molar-refractivity contribution in [3.8, 4) is 0 Å². The Labute approximate surface area is 128 Å². The summed E-state index contributed by atoms with van der Waals surface area (Å²) in [4.78, 5) is 12.3. The maximum atomic E-state index is 11.9. The molecule has 4 heteroatoms. The van der Waals surface area contributed by atoms with Gasteiger partial charge in [0.05, 0.1) is 5.75 Å². The highest BCUT2D eigenvalue weighted by atomic mass is 32.2. The van der Waals surface area contributed by atoms with E-state index in [1.807, 2.05) is 54.6 Å². The van der Waals surface area contributed by atoms with Crippen molar-refractivity contribution in [3.05, 3.63) is 71.3 Å². The number of nitrogens with two attached hydrogens (primary N) is 1. The zero-order chi connectivity index (χ0) is 14.4. The molecule has 2 aromatic rings. The first-order chi connectivity index (χ1) is 9.66. The van der Waals surface area contributed by atoms with Gasteiger partial charge in [0.1, 0.15) is 4.99 Å². The first-order valence-corrected chi connectivity index (χ1v) is 7.78. The Bertz CT molecular complexity index is 594.